The van der Waals surface area contributed by atoms with Gasteiger partial charge in [-0.15, -0.1) is 9.05 Å². The molecule has 16 heteroatoms. The molecular formula is C30H28N10O5P+. The van der Waals surface area contributed by atoms with Crippen molar-refractivity contribution in [1.82, 2.24) is 39.0 Å². The summed E-state index contributed by atoms with van der Waals surface area (Å²) in [6.45, 7) is 4.02. The summed E-state index contributed by atoms with van der Waals surface area (Å²) in [7, 11) is -2.49. The highest BCUT2D eigenvalue weighted by Gasteiger charge is 2.29. The predicted octanol–water partition coefficient (Wildman–Crippen LogP) is 4.64. The van der Waals surface area contributed by atoms with Crippen LogP contribution in [-0.2, 0) is 26.7 Å². The zero-order valence-corrected chi connectivity index (χ0v) is 25.6. The van der Waals surface area contributed by atoms with Gasteiger partial charge < -0.3 is 19.8 Å². The lowest BCUT2D eigenvalue weighted by Crippen LogP contribution is -2.17. The molecule has 0 aliphatic rings. The summed E-state index contributed by atoms with van der Waals surface area (Å²) in [5.74, 6) is -0.0853. The Kier molecular flexibility index (Phi) is 9.06. The molecule has 0 aliphatic heterocycles. The van der Waals surface area contributed by atoms with Gasteiger partial charge in [0.15, 0.2) is 34.0 Å². The Morgan fingerprint density at radius 2 is 1.09 bits per heavy atom. The first kappa shape index (κ1) is 30.5. The Morgan fingerprint density at radius 3 is 1.50 bits per heavy atom. The van der Waals surface area contributed by atoms with E-state index in [1.807, 2.05) is 12.1 Å². The topological polar surface area (TPSA) is 181 Å². The van der Waals surface area contributed by atoms with E-state index in [9.17, 15) is 14.2 Å². The number of hydrogen-bond acceptors (Lipinski definition) is 11. The molecule has 4 heterocycles. The number of rotatable bonds is 12. The number of aromatic nitrogens is 8. The minimum Gasteiger partial charge on any atom is -0.312 e. The maximum Gasteiger partial charge on any atom is 0.698 e. The van der Waals surface area contributed by atoms with Gasteiger partial charge in [0, 0.05) is 15.7 Å². The second-order valence-corrected chi connectivity index (χ2v) is 11.1. The summed E-state index contributed by atoms with van der Waals surface area (Å²) in [6.07, 6.45) is 4.70. The lowest BCUT2D eigenvalue weighted by Gasteiger charge is -2.09. The van der Waals surface area contributed by atoms with Crippen molar-refractivity contribution in [2.45, 2.75) is 39.1 Å². The van der Waals surface area contributed by atoms with Gasteiger partial charge in [-0.05, 0) is 38.1 Å². The van der Waals surface area contributed by atoms with Gasteiger partial charge in [0.25, 0.3) is 11.8 Å². The van der Waals surface area contributed by atoms with Crippen molar-refractivity contribution >= 4 is 54.0 Å². The Bertz CT molecular complexity index is 1880. The molecule has 15 nitrogen and oxygen atoms in total. The van der Waals surface area contributed by atoms with E-state index in [-0.39, 0.29) is 36.5 Å². The van der Waals surface area contributed by atoms with Crippen LogP contribution in [0.1, 0.15) is 34.6 Å². The van der Waals surface area contributed by atoms with Crippen LogP contribution in [0.3, 0.4) is 0 Å². The van der Waals surface area contributed by atoms with E-state index < -0.39 is 20.5 Å². The summed E-state index contributed by atoms with van der Waals surface area (Å²) >= 11 is 0. The van der Waals surface area contributed by atoms with Crippen LogP contribution in [-0.4, -0.2) is 63.1 Å². The lowest BCUT2D eigenvalue weighted by atomic mass is 10.2. The van der Waals surface area contributed by atoms with Crippen LogP contribution in [0.2, 0.25) is 0 Å². The van der Waals surface area contributed by atoms with Crippen LogP contribution >= 0.6 is 8.25 Å². The molecule has 2 N–H and O–H groups in total. The van der Waals surface area contributed by atoms with Gasteiger partial charge in [-0.25, -0.2) is 29.9 Å². The summed E-state index contributed by atoms with van der Waals surface area (Å²) in [5.41, 5.74) is 2.75. The fourth-order valence-electron chi connectivity index (χ4n) is 4.69. The molecule has 2 atom stereocenters. The molecule has 2 aromatic carbocycles. The van der Waals surface area contributed by atoms with E-state index in [1.165, 1.54) is 12.7 Å². The number of benzene rings is 2. The minimum atomic E-state index is -2.49. The molecule has 0 unspecified atom stereocenters. The molecular weight excluding hydrogens is 611 g/mol. The Balaban J connectivity index is 1.04. The second-order valence-electron chi connectivity index (χ2n) is 10.3. The first-order valence-electron chi connectivity index (χ1n) is 14.2. The van der Waals surface area contributed by atoms with Gasteiger partial charge in [-0.2, -0.15) is 0 Å². The van der Waals surface area contributed by atoms with Gasteiger partial charge in [-0.3, -0.25) is 9.59 Å². The van der Waals surface area contributed by atoms with Crippen molar-refractivity contribution in [2.75, 3.05) is 10.6 Å². The van der Waals surface area contributed by atoms with Crippen LogP contribution in [0.5, 0.6) is 0 Å². The first-order valence-corrected chi connectivity index (χ1v) is 15.3. The van der Waals surface area contributed by atoms with Crippen LogP contribution in [0.15, 0.2) is 86.0 Å². The number of carbonyl (C=O) groups is 2. The summed E-state index contributed by atoms with van der Waals surface area (Å²) in [4.78, 5) is 50.9. The summed E-state index contributed by atoms with van der Waals surface area (Å²) < 4.78 is 27.5. The Labute approximate surface area is 263 Å². The molecule has 0 aliphatic carbocycles. The fraction of sp³-hybridized carbons (Fsp3) is 0.200. The molecule has 0 spiro atoms. The zero-order valence-electron chi connectivity index (χ0n) is 24.7. The van der Waals surface area contributed by atoms with E-state index in [1.54, 1.807) is 84.2 Å². The quantitative estimate of drug-likeness (QED) is 0.178. The highest BCUT2D eigenvalue weighted by Crippen LogP contribution is 2.30. The van der Waals surface area contributed by atoms with Gasteiger partial charge in [0.2, 0.25) is 0 Å². The number of fused-ring (bicyclic) bond motifs is 2. The van der Waals surface area contributed by atoms with Crippen molar-refractivity contribution in [2.24, 2.45) is 0 Å². The van der Waals surface area contributed by atoms with Gasteiger partial charge in [0.05, 0.1) is 25.7 Å². The fourth-order valence-corrected chi connectivity index (χ4v) is 5.46. The molecule has 0 saturated heterocycles. The molecule has 0 saturated carbocycles. The highest BCUT2D eigenvalue weighted by atomic mass is 31.1. The third-order valence-corrected chi connectivity index (χ3v) is 7.84. The third-order valence-electron chi connectivity index (χ3n) is 6.78. The van der Waals surface area contributed by atoms with E-state index in [2.05, 4.69) is 40.5 Å². The number of nitrogens with one attached hydrogen (secondary N) is 2. The van der Waals surface area contributed by atoms with Crippen LogP contribution < -0.4 is 10.6 Å². The SMILES string of the molecule is C[C@H](Cn1cnc2c(NC(=O)c3ccccc3)ncnc21)O[P+](=O)O[C@H](C)Cn1cnc2c(NC(=O)c3ccccc3)ncnc21. The van der Waals surface area contributed by atoms with Crippen LogP contribution in [0, 0.1) is 0 Å². The number of hydrogen-bond donors (Lipinski definition) is 2. The summed E-state index contributed by atoms with van der Waals surface area (Å²) in [6, 6.07) is 17.6. The van der Waals surface area contributed by atoms with E-state index in [0.29, 0.717) is 33.5 Å². The normalized spacial score (nSPS) is 12.6. The van der Waals surface area contributed by atoms with Crippen LogP contribution in [0.25, 0.3) is 22.3 Å². The van der Waals surface area contributed by atoms with E-state index in [0.717, 1.165) is 0 Å². The van der Waals surface area contributed by atoms with Crippen molar-refractivity contribution in [3.05, 3.63) is 97.1 Å². The molecule has 0 radical (unpaired) electrons. The minimum absolute atomic E-state index is 0.263. The number of carbonyl (C=O) groups excluding carboxylic acids is 2. The number of imidazole rings is 2. The molecule has 0 bridgehead atoms. The first-order chi connectivity index (χ1) is 22.4. The third kappa shape index (κ3) is 6.91. The second kappa shape index (κ2) is 13.6. The molecule has 6 aromatic rings. The smallest absolute Gasteiger partial charge is 0.312 e. The lowest BCUT2D eigenvalue weighted by molar-refractivity contribution is 0.101. The maximum absolute atomic E-state index is 12.8. The van der Waals surface area contributed by atoms with Gasteiger partial charge in [0.1, 0.15) is 24.9 Å². The van der Waals surface area contributed by atoms with Crippen LogP contribution in [0.4, 0.5) is 11.6 Å². The maximum atomic E-state index is 12.8. The predicted molar refractivity (Wildman–Crippen MR) is 168 cm³/mol. The van der Waals surface area contributed by atoms with Crippen molar-refractivity contribution in [3.8, 4) is 0 Å². The van der Waals surface area contributed by atoms with Crippen molar-refractivity contribution in [1.29, 1.82) is 0 Å². The molecule has 46 heavy (non-hydrogen) atoms. The number of nitrogens with zero attached hydrogens (tertiary/aromatic N) is 8. The zero-order chi connectivity index (χ0) is 32.0. The molecule has 0 fully saturated rings. The summed E-state index contributed by atoms with van der Waals surface area (Å²) in [5, 5.41) is 5.54. The van der Waals surface area contributed by atoms with Crippen molar-refractivity contribution in [3.63, 3.8) is 0 Å². The number of anilines is 2. The standard InChI is InChI=1S/C30H27N10O5P/c1-19(13-39-17-35-23-25(31-15-33-27(23)39)37-29(41)21-9-5-3-6-10-21)44-46(43)45-20(2)14-40-18-36-24-26(32-16-34-28(24)40)38-30(42)22-11-7-4-8-12-22/h3-12,15-20H,13-14H2,1-2H3,(H-,31,32,33,34,37,38,41,42)/p+1/t19-,20-/m1/s1. The molecule has 4 aromatic heterocycles. The number of amides is 2. The van der Waals surface area contributed by atoms with E-state index >= 15 is 0 Å². The van der Waals surface area contributed by atoms with E-state index in [4.69, 9.17) is 9.05 Å². The average molecular weight is 640 g/mol. The monoisotopic (exact) mass is 639 g/mol. The van der Waals surface area contributed by atoms with Gasteiger partial charge >= 0.3 is 8.25 Å². The molecule has 2 amide bonds. The highest BCUT2D eigenvalue weighted by molar-refractivity contribution is 7.33. The largest absolute Gasteiger partial charge is 0.698 e. The molecule has 232 valence electrons. The molecule has 6 rings (SSSR count). The average Bonchev–Trinajstić information content (AvgIpc) is 3.66. The Hall–Kier alpha value is -5.50. The Morgan fingerprint density at radius 1 is 0.674 bits per heavy atom. The van der Waals surface area contributed by atoms with Crippen molar-refractivity contribution < 1.29 is 23.2 Å². The van der Waals surface area contributed by atoms with Gasteiger partial charge in [-0.1, -0.05) is 36.4 Å².